The van der Waals surface area contributed by atoms with Gasteiger partial charge in [-0.1, -0.05) is 19.1 Å². The van der Waals surface area contributed by atoms with Crippen LogP contribution in [0.25, 0.3) is 0 Å². The van der Waals surface area contributed by atoms with E-state index in [2.05, 4.69) is 19.1 Å². The number of hydrogen-bond donors (Lipinski definition) is 0. The molecular weight excluding hydrogens is 252 g/mol. The van der Waals surface area contributed by atoms with E-state index in [9.17, 15) is 4.79 Å². The molecule has 0 saturated heterocycles. The van der Waals surface area contributed by atoms with Crippen LogP contribution in [0.3, 0.4) is 0 Å². The number of imidazole rings is 1. The fourth-order valence-corrected chi connectivity index (χ4v) is 2.68. The van der Waals surface area contributed by atoms with Gasteiger partial charge in [-0.3, -0.25) is 9.13 Å². The van der Waals surface area contributed by atoms with Gasteiger partial charge in [-0.25, -0.2) is 4.79 Å². The van der Waals surface area contributed by atoms with Crippen molar-refractivity contribution in [1.82, 2.24) is 9.13 Å². The van der Waals surface area contributed by atoms with Crippen LogP contribution in [0.15, 0.2) is 35.4 Å². The summed E-state index contributed by atoms with van der Waals surface area (Å²) in [6, 6.07) is 6.34. The third-order valence-corrected chi connectivity index (χ3v) is 3.78. The number of nitrogens with zero attached hydrogens (tertiary/aromatic N) is 2. The maximum atomic E-state index is 12.1. The van der Waals surface area contributed by atoms with Crippen LogP contribution in [0.4, 0.5) is 0 Å². The summed E-state index contributed by atoms with van der Waals surface area (Å²) in [4.78, 5) is 12.1. The van der Waals surface area contributed by atoms with Crippen molar-refractivity contribution in [1.29, 1.82) is 0 Å². The zero-order valence-electron chi connectivity index (χ0n) is 11.8. The molecule has 0 aliphatic carbocycles. The number of fused-ring (bicyclic) bond motifs is 1. The molecule has 0 saturated carbocycles. The summed E-state index contributed by atoms with van der Waals surface area (Å²) in [7, 11) is 0. The zero-order chi connectivity index (χ0) is 13.9. The maximum absolute atomic E-state index is 12.1. The largest absolute Gasteiger partial charge is 0.493 e. The van der Waals surface area contributed by atoms with Crippen LogP contribution in [0.2, 0.25) is 0 Å². The minimum Gasteiger partial charge on any atom is -0.493 e. The standard InChI is InChI=1S/C16H20N2O2/c1-2-7-17-9-10-18(16(17)19)8-5-13-3-4-15-14(12-13)6-11-20-15/h3-4,9-10,12H,2,5-8,11H2,1H3. The van der Waals surface area contributed by atoms with Crippen LogP contribution in [0.5, 0.6) is 5.75 Å². The van der Waals surface area contributed by atoms with Gasteiger partial charge in [-0.05, 0) is 30.0 Å². The lowest BCUT2D eigenvalue weighted by Gasteiger charge is -2.05. The van der Waals surface area contributed by atoms with E-state index in [1.165, 1.54) is 11.1 Å². The third kappa shape index (κ3) is 2.50. The third-order valence-electron chi connectivity index (χ3n) is 3.78. The van der Waals surface area contributed by atoms with Gasteiger partial charge in [-0.2, -0.15) is 0 Å². The molecule has 0 unspecified atom stereocenters. The smallest absolute Gasteiger partial charge is 0.328 e. The van der Waals surface area contributed by atoms with Crippen molar-refractivity contribution in [2.45, 2.75) is 39.3 Å². The summed E-state index contributed by atoms with van der Waals surface area (Å²) in [5, 5.41) is 0. The summed E-state index contributed by atoms with van der Waals surface area (Å²) < 4.78 is 9.07. The molecule has 4 nitrogen and oxygen atoms in total. The van der Waals surface area contributed by atoms with Crippen molar-refractivity contribution < 1.29 is 4.74 Å². The van der Waals surface area contributed by atoms with Gasteiger partial charge in [0.15, 0.2) is 0 Å². The number of benzene rings is 1. The summed E-state index contributed by atoms with van der Waals surface area (Å²) in [6.45, 7) is 4.39. The molecule has 0 atom stereocenters. The Bertz CT molecular complexity index is 655. The van der Waals surface area contributed by atoms with Crippen molar-refractivity contribution in [3.63, 3.8) is 0 Å². The highest BCUT2D eigenvalue weighted by Crippen LogP contribution is 2.26. The lowest BCUT2D eigenvalue weighted by molar-refractivity contribution is 0.357. The van der Waals surface area contributed by atoms with Crippen molar-refractivity contribution in [3.05, 3.63) is 52.2 Å². The first kappa shape index (κ1) is 13.0. The molecule has 0 bridgehead atoms. The molecule has 2 heterocycles. The van der Waals surface area contributed by atoms with Gasteiger partial charge in [0.05, 0.1) is 6.61 Å². The van der Waals surface area contributed by atoms with Gasteiger partial charge in [0, 0.05) is 31.9 Å². The lowest BCUT2D eigenvalue weighted by atomic mass is 10.1. The van der Waals surface area contributed by atoms with E-state index in [0.717, 1.165) is 44.7 Å². The quantitative estimate of drug-likeness (QED) is 0.837. The first-order valence-corrected chi connectivity index (χ1v) is 7.28. The Kier molecular flexibility index (Phi) is 3.63. The second kappa shape index (κ2) is 5.57. The average Bonchev–Trinajstić information content (AvgIpc) is 3.05. The Morgan fingerprint density at radius 1 is 1.20 bits per heavy atom. The lowest BCUT2D eigenvalue weighted by Crippen LogP contribution is -2.24. The number of aromatic nitrogens is 2. The van der Waals surface area contributed by atoms with E-state index in [1.54, 1.807) is 9.13 Å². The Morgan fingerprint density at radius 2 is 2.00 bits per heavy atom. The fourth-order valence-electron chi connectivity index (χ4n) is 2.68. The molecular formula is C16H20N2O2. The van der Waals surface area contributed by atoms with Crippen molar-refractivity contribution in [2.75, 3.05) is 6.61 Å². The Labute approximate surface area is 118 Å². The highest BCUT2D eigenvalue weighted by Gasteiger charge is 2.12. The van der Waals surface area contributed by atoms with E-state index in [-0.39, 0.29) is 5.69 Å². The Hall–Kier alpha value is -1.97. The Morgan fingerprint density at radius 3 is 2.80 bits per heavy atom. The molecule has 1 aliphatic heterocycles. The fraction of sp³-hybridized carbons (Fsp3) is 0.438. The van der Waals surface area contributed by atoms with Crippen LogP contribution in [-0.4, -0.2) is 15.7 Å². The van der Waals surface area contributed by atoms with Gasteiger partial charge in [0.1, 0.15) is 5.75 Å². The molecule has 4 heteroatoms. The van der Waals surface area contributed by atoms with Crippen molar-refractivity contribution in [3.8, 4) is 5.75 Å². The van der Waals surface area contributed by atoms with Crippen LogP contribution < -0.4 is 10.4 Å². The minimum atomic E-state index is 0.0938. The van der Waals surface area contributed by atoms with E-state index in [0.29, 0.717) is 0 Å². The van der Waals surface area contributed by atoms with E-state index in [1.807, 2.05) is 18.5 Å². The van der Waals surface area contributed by atoms with E-state index in [4.69, 9.17) is 4.74 Å². The molecule has 3 rings (SSSR count). The van der Waals surface area contributed by atoms with Gasteiger partial charge < -0.3 is 4.74 Å². The van der Waals surface area contributed by atoms with Gasteiger partial charge >= 0.3 is 5.69 Å². The number of ether oxygens (including phenoxy) is 1. The molecule has 2 aromatic rings. The average molecular weight is 272 g/mol. The summed E-state index contributed by atoms with van der Waals surface area (Å²) >= 11 is 0. The van der Waals surface area contributed by atoms with Gasteiger partial charge in [-0.15, -0.1) is 0 Å². The first-order chi connectivity index (χ1) is 9.78. The highest BCUT2D eigenvalue weighted by molar-refractivity contribution is 5.39. The SMILES string of the molecule is CCCn1ccn(CCc2ccc3c(c2)CCO3)c1=O. The predicted molar refractivity (Wildman–Crippen MR) is 78.3 cm³/mol. The second-order valence-electron chi connectivity index (χ2n) is 5.26. The molecule has 1 aromatic heterocycles. The predicted octanol–water partition coefficient (Wildman–Crippen LogP) is 2.24. The summed E-state index contributed by atoms with van der Waals surface area (Å²) in [5.41, 5.74) is 2.65. The van der Waals surface area contributed by atoms with E-state index >= 15 is 0 Å². The molecule has 0 amide bonds. The van der Waals surface area contributed by atoms with Crippen LogP contribution >= 0.6 is 0 Å². The molecule has 0 radical (unpaired) electrons. The van der Waals surface area contributed by atoms with Crippen molar-refractivity contribution >= 4 is 0 Å². The zero-order valence-corrected chi connectivity index (χ0v) is 11.8. The molecule has 1 aromatic carbocycles. The van der Waals surface area contributed by atoms with Gasteiger partial charge in [0.25, 0.3) is 0 Å². The minimum absolute atomic E-state index is 0.0938. The number of aryl methyl sites for hydroxylation is 3. The van der Waals surface area contributed by atoms with Crippen LogP contribution in [0, 0.1) is 0 Å². The topological polar surface area (TPSA) is 36.2 Å². The Balaban J connectivity index is 1.69. The normalized spacial score (nSPS) is 13.2. The molecule has 106 valence electrons. The van der Waals surface area contributed by atoms with Crippen molar-refractivity contribution in [2.24, 2.45) is 0 Å². The molecule has 0 spiro atoms. The first-order valence-electron chi connectivity index (χ1n) is 7.28. The van der Waals surface area contributed by atoms with Crippen LogP contribution in [-0.2, 0) is 25.9 Å². The molecule has 0 N–H and O–H groups in total. The highest BCUT2D eigenvalue weighted by atomic mass is 16.5. The molecule has 1 aliphatic rings. The maximum Gasteiger partial charge on any atom is 0.328 e. The summed E-state index contributed by atoms with van der Waals surface area (Å²) in [5.74, 6) is 1.01. The monoisotopic (exact) mass is 272 g/mol. The number of rotatable bonds is 5. The summed E-state index contributed by atoms with van der Waals surface area (Å²) in [6.07, 6.45) is 6.62. The second-order valence-corrected chi connectivity index (χ2v) is 5.26. The van der Waals surface area contributed by atoms with Crippen LogP contribution in [0.1, 0.15) is 24.5 Å². The van der Waals surface area contributed by atoms with E-state index < -0.39 is 0 Å². The molecule has 0 fully saturated rings. The van der Waals surface area contributed by atoms with Gasteiger partial charge in [0.2, 0.25) is 0 Å². The number of hydrogen-bond acceptors (Lipinski definition) is 2. The molecule has 20 heavy (non-hydrogen) atoms.